The Morgan fingerprint density at radius 1 is 1.29 bits per heavy atom. The van der Waals surface area contributed by atoms with Crippen molar-refractivity contribution >= 4 is 0 Å². The summed E-state index contributed by atoms with van der Waals surface area (Å²) in [7, 11) is 0. The maximum Gasteiger partial charge on any atom is 0.154 e. The van der Waals surface area contributed by atoms with Gasteiger partial charge in [0.2, 0.25) is 0 Å². The summed E-state index contributed by atoms with van der Waals surface area (Å²) in [5, 5.41) is 3.58. The van der Waals surface area contributed by atoms with Gasteiger partial charge in [-0.2, -0.15) is 0 Å². The second-order valence-electron chi connectivity index (χ2n) is 2.81. The van der Waals surface area contributed by atoms with Crippen molar-refractivity contribution < 1.29 is 13.3 Å². The molecule has 0 amide bonds. The summed E-state index contributed by atoms with van der Waals surface area (Å²) >= 11 is 0. The van der Waals surface area contributed by atoms with Crippen LogP contribution < -0.4 is 0 Å². The molecule has 0 fully saturated rings. The van der Waals surface area contributed by atoms with Gasteiger partial charge in [0.05, 0.1) is 6.20 Å². The zero-order valence-corrected chi connectivity index (χ0v) is 7.29. The van der Waals surface area contributed by atoms with Crippen molar-refractivity contribution in [2.75, 3.05) is 0 Å². The lowest BCUT2D eigenvalue weighted by Gasteiger charge is -1.95. The molecule has 0 aliphatic carbocycles. The molecule has 0 aromatic carbocycles. The van der Waals surface area contributed by atoms with E-state index >= 15 is 0 Å². The van der Waals surface area contributed by atoms with Crippen LogP contribution in [0.2, 0.25) is 0 Å². The number of halogens is 2. The molecular formula is C9H6F2N2O. The predicted octanol–water partition coefficient (Wildman–Crippen LogP) is 2.32. The fourth-order valence-corrected chi connectivity index (χ4v) is 1.08. The summed E-state index contributed by atoms with van der Waals surface area (Å²) in [6.45, 7) is 1.68. The first-order chi connectivity index (χ1) is 6.66. The van der Waals surface area contributed by atoms with E-state index in [1.807, 2.05) is 0 Å². The molecule has 0 bridgehead atoms. The molecule has 2 rings (SSSR count). The molecule has 0 aliphatic heterocycles. The fraction of sp³-hybridized carbons (Fsp3) is 0.111. The maximum atomic E-state index is 13.2. The van der Waals surface area contributed by atoms with Crippen molar-refractivity contribution in [2.24, 2.45) is 0 Å². The predicted molar refractivity (Wildman–Crippen MR) is 44.4 cm³/mol. The van der Waals surface area contributed by atoms with Gasteiger partial charge in [0, 0.05) is 12.1 Å². The third-order valence-electron chi connectivity index (χ3n) is 1.68. The molecule has 3 nitrogen and oxygen atoms in total. The van der Waals surface area contributed by atoms with Gasteiger partial charge in [-0.15, -0.1) is 0 Å². The number of nitrogens with zero attached hydrogens (tertiary/aromatic N) is 2. The van der Waals surface area contributed by atoms with Crippen molar-refractivity contribution in [2.45, 2.75) is 6.92 Å². The Hall–Kier alpha value is -1.78. The van der Waals surface area contributed by atoms with Crippen LogP contribution in [0, 0.1) is 18.6 Å². The lowest BCUT2D eigenvalue weighted by atomic mass is 10.2. The molecule has 5 heteroatoms. The molecule has 2 heterocycles. The number of pyridine rings is 1. The van der Waals surface area contributed by atoms with Crippen molar-refractivity contribution in [3.8, 4) is 11.4 Å². The van der Waals surface area contributed by atoms with Crippen LogP contribution in [-0.2, 0) is 0 Å². The van der Waals surface area contributed by atoms with Crippen molar-refractivity contribution in [3.05, 3.63) is 35.7 Å². The molecule has 0 spiro atoms. The number of hydrogen-bond acceptors (Lipinski definition) is 3. The maximum absolute atomic E-state index is 13.2. The summed E-state index contributed by atoms with van der Waals surface area (Å²) in [6.07, 6.45) is 0.933. The Kier molecular flexibility index (Phi) is 1.99. The minimum atomic E-state index is -0.752. The molecule has 0 saturated heterocycles. The third kappa shape index (κ3) is 1.48. The highest BCUT2D eigenvalue weighted by Gasteiger charge is 2.11. The van der Waals surface area contributed by atoms with Crippen LogP contribution >= 0.6 is 0 Å². The van der Waals surface area contributed by atoms with Crippen molar-refractivity contribution in [1.29, 1.82) is 0 Å². The highest BCUT2D eigenvalue weighted by Crippen LogP contribution is 2.19. The summed E-state index contributed by atoms with van der Waals surface area (Å²) < 4.78 is 30.4. The summed E-state index contributed by atoms with van der Waals surface area (Å²) in [6, 6.07) is 2.29. The van der Waals surface area contributed by atoms with E-state index in [4.69, 9.17) is 4.52 Å². The lowest BCUT2D eigenvalue weighted by molar-refractivity contribution is 0.399. The smallest absolute Gasteiger partial charge is 0.154 e. The standard InChI is InChI=1S/C9H6F2N2O/c1-5-2-8(13-14-5)9-7(11)3-6(10)4-12-9/h2-4H,1H3. The molecule has 72 valence electrons. The van der Waals surface area contributed by atoms with Crippen LogP contribution in [0.25, 0.3) is 11.4 Å². The van der Waals surface area contributed by atoms with E-state index in [0.717, 1.165) is 12.3 Å². The summed E-state index contributed by atoms with van der Waals surface area (Å²) in [4.78, 5) is 3.59. The largest absolute Gasteiger partial charge is 0.361 e. The SMILES string of the molecule is Cc1cc(-c2ncc(F)cc2F)no1. The van der Waals surface area contributed by atoms with Crippen molar-refractivity contribution in [3.63, 3.8) is 0 Å². The monoisotopic (exact) mass is 196 g/mol. The third-order valence-corrected chi connectivity index (χ3v) is 1.68. The van der Waals surface area contributed by atoms with E-state index in [1.54, 1.807) is 6.92 Å². The average molecular weight is 196 g/mol. The van der Waals surface area contributed by atoms with Gasteiger partial charge in [-0.05, 0) is 6.92 Å². The number of rotatable bonds is 1. The molecule has 0 aliphatic rings. The van der Waals surface area contributed by atoms with Gasteiger partial charge in [0.1, 0.15) is 23.0 Å². The number of hydrogen-bond donors (Lipinski definition) is 0. The lowest BCUT2D eigenvalue weighted by Crippen LogP contribution is -1.90. The molecule has 0 saturated carbocycles. The molecule has 2 aromatic heterocycles. The molecule has 2 aromatic rings. The second-order valence-corrected chi connectivity index (χ2v) is 2.81. The first-order valence-electron chi connectivity index (χ1n) is 3.91. The fourth-order valence-electron chi connectivity index (χ4n) is 1.08. The van der Waals surface area contributed by atoms with Crippen LogP contribution in [0.5, 0.6) is 0 Å². The van der Waals surface area contributed by atoms with Crippen LogP contribution in [-0.4, -0.2) is 10.1 Å². The molecular weight excluding hydrogens is 190 g/mol. The van der Waals surface area contributed by atoms with Gasteiger partial charge in [0.25, 0.3) is 0 Å². The van der Waals surface area contributed by atoms with Gasteiger partial charge in [0.15, 0.2) is 5.82 Å². The van der Waals surface area contributed by atoms with Gasteiger partial charge in [-0.1, -0.05) is 5.16 Å². The Morgan fingerprint density at radius 3 is 2.64 bits per heavy atom. The Bertz CT molecular complexity index is 468. The van der Waals surface area contributed by atoms with E-state index in [2.05, 4.69) is 10.1 Å². The van der Waals surface area contributed by atoms with E-state index in [0.29, 0.717) is 5.76 Å². The summed E-state index contributed by atoms with van der Waals surface area (Å²) in [5.41, 5.74) is 0.253. The number of aromatic nitrogens is 2. The second kappa shape index (κ2) is 3.17. The van der Waals surface area contributed by atoms with Gasteiger partial charge in [-0.25, -0.2) is 13.8 Å². The first-order valence-corrected chi connectivity index (χ1v) is 3.91. The normalized spacial score (nSPS) is 10.5. The summed E-state index contributed by atoms with van der Waals surface area (Å²) in [5.74, 6) is -0.921. The van der Waals surface area contributed by atoms with E-state index in [9.17, 15) is 8.78 Å². The zero-order chi connectivity index (χ0) is 10.1. The zero-order valence-electron chi connectivity index (χ0n) is 7.29. The highest BCUT2D eigenvalue weighted by molar-refractivity contribution is 5.54. The van der Waals surface area contributed by atoms with Crippen LogP contribution in [0.1, 0.15) is 5.76 Å². The molecule has 0 unspecified atom stereocenters. The van der Waals surface area contributed by atoms with Gasteiger partial charge < -0.3 is 4.52 Å². The topological polar surface area (TPSA) is 38.9 Å². The van der Waals surface area contributed by atoms with Crippen molar-refractivity contribution in [1.82, 2.24) is 10.1 Å². The van der Waals surface area contributed by atoms with E-state index < -0.39 is 11.6 Å². The van der Waals surface area contributed by atoms with Gasteiger partial charge >= 0.3 is 0 Å². The number of aryl methyl sites for hydroxylation is 1. The first kappa shape index (κ1) is 8.80. The highest BCUT2D eigenvalue weighted by atomic mass is 19.1. The van der Waals surface area contributed by atoms with E-state index in [-0.39, 0.29) is 11.4 Å². The van der Waals surface area contributed by atoms with E-state index in [1.165, 1.54) is 6.07 Å². The Balaban J connectivity index is 2.52. The van der Waals surface area contributed by atoms with Crippen LogP contribution in [0.15, 0.2) is 22.9 Å². The molecule has 0 radical (unpaired) electrons. The van der Waals surface area contributed by atoms with Crippen LogP contribution in [0.4, 0.5) is 8.78 Å². The minimum absolute atomic E-state index is 0.0109. The van der Waals surface area contributed by atoms with Crippen LogP contribution in [0.3, 0.4) is 0 Å². The minimum Gasteiger partial charge on any atom is -0.361 e. The molecule has 0 N–H and O–H groups in total. The Morgan fingerprint density at radius 2 is 2.07 bits per heavy atom. The molecule has 14 heavy (non-hydrogen) atoms. The van der Waals surface area contributed by atoms with Gasteiger partial charge in [-0.3, -0.25) is 0 Å². The quantitative estimate of drug-likeness (QED) is 0.702. The molecule has 0 atom stereocenters. The Labute approximate surface area is 78.4 Å². The average Bonchev–Trinajstić information content (AvgIpc) is 2.51.